The van der Waals surface area contributed by atoms with Crippen molar-refractivity contribution in [1.82, 2.24) is 15.0 Å². The van der Waals surface area contributed by atoms with Gasteiger partial charge in [-0.15, -0.1) is 0 Å². The molecule has 1 aliphatic heterocycles. The molecular weight excluding hydrogens is 240 g/mol. The fourth-order valence-corrected chi connectivity index (χ4v) is 2.24. The van der Waals surface area contributed by atoms with Gasteiger partial charge in [-0.2, -0.15) is 15.0 Å². The molecule has 0 N–H and O–H groups in total. The normalized spacial score (nSPS) is 17.2. The molecule has 2 heterocycles. The summed E-state index contributed by atoms with van der Waals surface area (Å²) in [7, 11) is 1.53. The van der Waals surface area contributed by atoms with Gasteiger partial charge in [0.1, 0.15) is 0 Å². The Balaban J connectivity index is 2.10. The molecule has 1 saturated heterocycles. The largest absolute Gasteiger partial charge is 0.467 e. The third-order valence-corrected chi connectivity index (χ3v) is 3.40. The molecule has 17 heavy (non-hydrogen) atoms. The van der Waals surface area contributed by atoms with Crippen LogP contribution >= 0.6 is 11.6 Å². The van der Waals surface area contributed by atoms with Crippen LogP contribution in [0.15, 0.2) is 0 Å². The van der Waals surface area contributed by atoms with E-state index in [-0.39, 0.29) is 11.3 Å². The smallest absolute Gasteiger partial charge is 0.322 e. The molecule has 0 aromatic carbocycles. The molecule has 0 radical (unpaired) electrons. The Labute approximate surface area is 106 Å². The summed E-state index contributed by atoms with van der Waals surface area (Å²) in [4.78, 5) is 14.4. The SMILES string of the molecule is CCC1CCN(c2nc(Cl)nc(OC)n2)CC1. The molecule has 1 fully saturated rings. The van der Waals surface area contributed by atoms with Gasteiger partial charge in [-0.1, -0.05) is 13.3 Å². The molecule has 0 amide bonds. The summed E-state index contributed by atoms with van der Waals surface area (Å²) in [5, 5.41) is 0.185. The van der Waals surface area contributed by atoms with Crippen molar-refractivity contribution in [3.8, 4) is 6.01 Å². The maximum atomic E-state index is 5.84. The fourth-order valence-electron chi connectivity index (χ4n) is 2.10. The van der Waals surface area contributed by atoms with E-state index >= 15 is 0 Å². The average Bonchev–Trinajstić information content (AvgIpc) is 2.38. The Morgan fingerprint density at radius 2 is 2.00 bits per heavy atom. The topological polar surface area (TPSA) is 51.1 Å². The number of aromatic nitrogens is 3. The minimum atomic E-state index is 0.185. The van der Waals surface area contributed by atoms with E-state index in [0.717, 1.165) is 19.0 Å². The van der Waals surface area contributed by atoms with Gasteiger partial charge in [0.25, 0.3) is 0 Å². The zero-order valence-electron chi connectivity index (χ0n) is 10.2. The lowest BCUT2D eigenvalue weighted by molar-refractivity contribution is 0.371. The summed E-state index contributed by atoms with van der Waals surface area (Å²) in [5.41, 5.74) is 0. The molecule has 0 aliphatic carbocycles. The van der Waals surface area contributed by atoms with Gasteiger partial charge in [0.05, 0.1) is 7.11 Å². The van der Waals surface area contributed by atoms with Crippen molar-refractivity contribution in [2.24, 2.45) is 5.92 Å². The van der Waals surface area contributed by atoms with Crippen molar-refractivity contribution in [2.75, 3.05) is 25.1 Å². The second kappa shape index (κ2) is 5.49. The molecule has 1 aromatic rings. The molecule has 0 unspecified atom stereocenters. The summed E-state index contributed by atoms with van der Waals surface area (Å²) in [5.74, 6) is 1.45. The Kier molecular flexibility index (Phi) is 3.99. The third kappa shape index (κ3) is 2.97. The van der Waals surface area contributed by atoms with E-state index in [1.54, 1.807) is 0 Å². The summed E-state index contributed by atoms with van der Waals surface area (Å²) >= 11 is 5.84. The second-order valence-electron chi connectivity index (χ2n) is 4.23. The third-order valence-electron chi connectivity index (χ3n) is 3.23. The predicted molar refractivity (Wildman–Crippen MR) is 66.6 cm³/mol. The van der Waals surface area contributed by atoms with Crippen molar-refractivity contribution < 1.29 is 4.74 Å². The van der Waals surface area contributed by atoms with Crippen molar-refractivity contribution in [1.29, 1.82) is 0 Å². The Morgan fingerprint density at radius 3 is 2.59 bits per heavy atom. The molecular formula is C11H17ClN4O. The first-order valence-corrected chi connectivity index (χ1v) is 6.31. The lowest BCUT2D eigenvalue weighted by Gasteiger charge is -2.31. The van der Waals surface area contributed by atoms with Gasteiger partial charge in [0.15, 0.2) is 0 Å². The van der Waals surface area contributed by atoms with Gasteiger partial charge in [-0.05, 0) is 30.4 Å². The van der Waals surface area contributed by atoms with E-state index in [1.165, 1.54) is 26.4 Å². The van der Waals surface area contributed by atoms with Crippen LogP contribution in [0.5, 0.6) is 6.01 Å². The number of ether oxygens (including phenoxy) is 1. The highest BCUT2D eigenvalue weighted by molar-refractivity contribution is 6.28. The minimum absolute atomic E-state index is 0.185. The van der Waals surface area contributed by atoms with E-state index in [9.17, 15) is 0 Å². The van der Waals surface area contributed by atoms with E-state index in [1.807, 2.05) is 0 Å². The molecule has 5 nitrogen and oxygen atoms in total. The van der Waals surface area contributed by atoms with Gasteiger partial charge in [0, 0.05) is 13.1 Å². The Hall–Kier alpha value is -1.10. The summed E-state index contributed by atoms with van der Waals surface area (Å²) in [6.07, 6.45) is 3.61. The van der Waals surface area contributed by atoms with Crippen LogP contribution in [-0.2, 0) is 0 Å². The maximum Gasteiger partial charge on any atom is 0.322 e. The van der Waals surface area contributed by atoms with Crippen molar-refractivity contribution in [2.45, 2.75) is 26.2 Å². The minimum Gasteiger partial charge on any atom is -0.467 e. The van der Waals surface area contributed by atoms with Crippen LogP contribution in [0, 0.1) is 5.92 Å². The van der Waals surface area contributed by atoms with E-state index in [4.69, 9.17) is 16.3 Å². The predicted octanol–water partition coefficient (Wildman–Crippen LogP) is 2.16. The van der Waals surface area contributed by atoms with Crippen molar-refractivity contribution in [3.05, 3.63) is 5.28 Å². The number of piperidine rings is 1. The highest BCUT2D eigenvalue weighted by Gasteiger charge is 2.20. The number of methoxy groups -OCH3 is 1. The van der Waals surface area contributed by atoms with Gasteiger partial charge >= 0.3 is 6.01 Å². The number of nitrogens with zero attached hydrogens (tertiary/aromatic N) is 4. The number of halogens is 1. The first kappa shape index (κ1) is 12.4. The van der Waals surface area contributed by atoms with E-state index < -0.39 is 0 Å². The molecule has 1 aliphatic rings. The maximum absolute atomic E-state index is 5.84. The van der Waals surface area contributed by atoms with Crippen molar-refractivity contribution in [3.63, 3.8) is 0 Å². The second-order valence-corrected chi connectivity index (χ2v) is 4.57. The van der Waals surface area contributed by atoms with Crippen LogP contribution in [0.4, 0.5) is 5.95 Å². The lowest BCUT2D eigenvalue weighted by Crippen LogP contribution is -2.34. The summed E-state index contributed by atoms with van der Waals surface area (Å²) in [6.45, 7) is 4.19. The molecule has 6 heteroatoms. The highest BCUT2D eigenvalue weighted by Crippen LogP contribution is 2.24. The number of hydrogen-bond donors (Lipinski definition) is 0. The van der Waals surface area contributed by atoms with E-state index in [0.29, 0.717) is 5.95 Å². The Morgan fingerprint density at radius 1 is 1.29 bits per heavy atom. The van der Waals surface area contributed by atoms with Crippen LogP contribution in [0.25, 0.3) is 0 Å². The molecule has 0 atom stereocenters. The van der Waals surface area contributed by atoms with E-state index in [2.05, 4.69) is 26.8 Å². The quantitative estimate of drug-likeness (QED) is 0.830. The molecule has 1 aromatic heterocycles. The average molecular weight is 257 g/mol. The lowest BCUT2D eigenvalue weighted by atomic mass is 9.95. The van der Waals surface area contributed by atoms with Crippen LogP contribution in [0.1, 0.15) is 26.2 Å². The molecule has 2 rings (SSSR count). The van der Waals surface area contributed by atoms with Crippen LogP contribution in [0.2, 0.25) is 5.28 Å². The summed E-state index contributed by atoms with van der Waals surface area (Å²) in [6, 6.07) is 0.276. The number of hydrogen-bond acceptors (Lipinski definition) is 5. The van der Waals surface area contributed by atoms with Crippen molar-refractivity contribution >= 4 is 17.5 Å². The highest BCUT2D eigenvalue weighted by atomic mass is 35.5. The number of anilines is 1. The van der Waals surface area contributed by atoms with Gasteiger partial charge in [-0.25, -0.2) is 0 Å². The van der Waals surface area contributed by atoms with Crippen LogP contribution < -0.4 is 9.64 Å². The number of rotatable bonds is 3. The molecule has 0 bridgehead atoms. The first-order valence-electron chi connectivity index (χ1n) is 5.93. The van der Waals surface area contributed by atoms with Gasteiger partial charge in [-0.3, -0.25) is 0 Å². The first-order chi connectivity index (χ1) is 8.22. The monoisotopic (exact) mass is 256 g/mol. The zero-order valence-corrected chi connectivity index (χ0v) is 10.9. The van der Waals surface area contributed by atoms with Gasteiger partial charge in [0.2, 0.25) is 11.2 Å². The van der Waals surface area contributed by atoms with Crippen LogP contribution in [-0.4, -0.2) is 35.2 Å². The Bertz CT molecular complexity index is 380. The molecule has 0 saturated carbocycles. The summed E-state index contributed by atoms with van der Waals surface area (Å²) < 4.78 is 5.00. The standard InChI is InChI=1S/C11H17ClN4O/c1-3-8-4-6-16(7-5-8)10-13-9(12)14-11(15-10)17-2/h8H,3-7H2,1-2H3. The van der Waals surface area contributed by atoms with Gasteiger partial charge < -0.3 is 9.64 Å². The van der Waals surface area contributed by atoms with Crippen LogP contribution in [0.3, 0.4) is 0 Å². The molecule has 94 valence electrons. The fraction of sp³-hybridized carbons (Fsp3) is 0.727. The molecule has 0 spiro atoms. The zero-order chi connectivity index (χ0) is 12.3.